The van der Waals surface area contributed by atoms with Gasteiger partial charge in [0, 0.05) is 0 Å². The number of rotatable bonds is 4. The van der Waals surface area contributed by atoms with E-state index in [0.717, 1.165) is 0 Å². The number of sulfone groups is 1. The Morgan fingerprint density at radius 2 is 1.77 bits per heavy atom. The van der Waals surface area contributed by atoms with Crippen molar-refractivity contribution in [3.05, 3.63) is 0 Å². The average molecular weight is 208 g/mol. The second kappa shape index (κ2) is 4.42. The lowest BCUT2D eigenvalue weighted by Gasteiger charge is -2.19. The van der Waals surface area contributed by atoms with E-state index in [1.807, 2.05) is 0 Å². The summed E-state index contributed by atoms with van der Waals surface area (Å²) in [4.78, 5) is 0. The third-order valence-electron chi connectivity index (χ3n) is 1.97. The van der Waals surface area contributed by atoms with Crippen molar-refractivity contribution in [3.8, 4) is 0 Å². The lowest BCUT2D eigenvalue weighted by Crippen LogP contribution is -2.30. The van der Waals surface area contributed by atoms with E-state index in [9.17, 15) is 8.42 Å². The first-order valence-electron chi connectivity index (χ1n) is 4.57. The summed E-state index contributed by atoms with van der Waals surface area (Å²) in [6.45, 7) is 6.77. The van der Waals surface area contributed by atoms with Gasteiger partial charge in [0.15, 0.2) is 9.84 Å². The Labute approximate surface area is 81.1 Å². The van der Waals surface area contributed by atoms with E-state index in [2.05, 4.69) is 0 Å². The van der Waals surface area contributed by atoms with Gasteiger partial charge in [-0.1, -0.05) is 0 Å². The van der Waals surface area contributed by atoms with Gasteiger partial charge in [0.25, 0.3) is 0 Å². The van der Waals surface area contributed by atoms with Crippen LogP contribution in [0.15, 0.2) is 0 Å². The Kier molecular flexibility index (Phi) is 4.39. The molecule has 4 heteroatoms. The van der Waals surface area contributed by atoms with E-state index in [-0.39, 0.29) is 5.75 Å². The Balaban J connectivity index is 4.07. The molecule has 80 valence electrons. The Bertz CT molecular complexity index is 234. The highest BCUT2D eigenvalue weighted by Crippen LogP contribution is 2.17. The van der Waals surface area contributed by atoms with Crippen LogP contribution in [0.4, 0.5) is 0 Å². The maximum absolute atomic E-state index is 11.6. The third kappa shape index (κ3) is 4.62. The molecule has 0 radical (unpaired) electrons. The number of aliphatic hydroxyl groups excluding tert-OH is 1. The highest BCUT2D eigenvalue weighted by atomic mass is 32.2. The summed E-state index contributed by atoms with van der Waals surface area (Å²) in [5, 5.41) is 8.96. The minimum atomic E-state index is -3.00. The molecule has 1 unspecified atom stereocenters. The second-order valence-electron chi connectivity index (χ2n) is 4.42. The van der Waals surface area contributed by atoms with Crippen molar-refractivity contribution in [1.29, 1.82) is 0 Å². The quantitative estimate of drug-likeness (QED) is 0.759. The molecule has 0 aromatic carbocycles. The molecule has 0 bridgehead atoms. The summed E-state index contributed by atoms with van der Waals surface area (Å²) in [6.07, 6.45) is 0.683. The Morgan fingerprint density at radius 1 is 1.31 bits per heavy atom. The molecule has 0 aliphatic carbocycles. The monoisotopic (exact) mass is 208 g/mol. The molecule has 0 spiro atoms. The first kappa shape index (κ1) is 12.9. The van der Waals surface area contributed by atoms with Crippen LogP contribution in [0, 0.1) is 0 Å². The van der Waals surface area contributed by atoms with Gasteiger partial charge in [-0.15, -0.1) is 0 Å². The molecule has 0 heterocycles. The standard InChI is InChI=1S/C9H20O3S/c1-8(10)6-5-7-13(11,12)9(2,3)4/h8,10H,5-7H2,1-4H3. The maximum Gasteiger partial charge on any atom is 0.155 e. The zero-order valence-electron chi connectivity index (χ0n) is 8.87. The van der Waals surface area contributed by atoms with Gasteiger partial charge in [-0.2, -0.15) is 0 Å². The molecular weight excluding hydrogens is 188 g/mol. The molecule has 0 aliphatic heterocycles. The average Bonchev–Trinajstić information content (AvgIpc) is 1.82. The number of aliphatic hydroxyl groups is 1. The minimum Gasteiger partial charge on any atom is -0.393 e. The van der Waals surface area contributed by atoms with Crippen molar-refractivity contribution >= 4 is 9.84 Å². The summed E-state index contributed by atoms with van der Waals surface area (Å²) in [5.41, 5.74) is 0. The zero-order valence-corrected chi connectivity index (χ0v) is 9.69. The molecule has 13 heavy (non-hydrogen) atoms. The molecule has 3 nitrogen and oxygen atoms in total. The lowest BCUT2D eigenvalue weighted by atomic mass is 10.2. The molecule has 0 rings (SSSR count). The highest BCUT2D eigenvalue weighted by molar-refractivity contribution is 7.92. The summed E-state index contributed by atoms with van der Waals surface area (Å²) in [7, 11) is -3.00. The SMILES string of the molecule is CC(O)CCCS(=O)(=O)C(C)(C)C. The van der Waals surface area contributed by atoms with Crippen LogP contribution in [-0.4, -0.2) is 30.1 Å². The maximum atomic E-state index is 11.6. The molecule has 0 fully saturated rings. The summed E-state index contributed by atoms with van der Waals surface area (Å²) < 4.78 is 22.4. The molecule has 1 N–H and O–H groups in total. The van der Waals surface area contributed by atoms with E-state index >= 15 is 0 Å². The van der Waals surface area contributed by atoms with Crippen LogP contribution in [0.25, 0.3) is 0 Å². The molecule has 0 aromatic rings. The van der Waals surface area contributed by atoms with Crippen molar-refractivity contribution < 1.29 is 13.5 Å². The lowest BCUT2D eigenvalue weighted by molar-refractivity contribution is 0.183. The van der Waals surface area contributed by atoms with Gasteiger partial charge in [-0.3, -0.25) is 0 Å². The second-order valence-corrected chi connectivity index (χ2v) is 7.28. The van der Waals surface area contributed by atoms with Crippen LogP contribution in [-0.2, 0) is 9.84 Å². The van der Waals surface area contributed by atoms with Crippen molar-refractivity contribution in [2.24, 2.45) is 0 Å². The smallest absolute Gasteiger partial charge is 0.155 e. The van der Waals surface area contributed by atoms with E-state index in [1.165, 1.54) is 0 Å². The molecule has 0 amide bonds. The normalized spacial score (nSPS) is 15.8. The molecule has 0 aromatic heterocycles. The Morgan fingerprint density at radius 3 is 2.08 bits per heavy atom. The molecule has 0 saturated heterocycles. The first-order chi connectivity index (χ1) is 5.67. The summed E-state index contributed by atoms with van der Waals surface area (Å²) in [5.74, 6) is 0.168. The van der Waals surface area contributed by atoms with Gasteiger partial charge in [-0.25, -0.2) is 8.42 Å². The number of hydrogen-bond donors (Lipinski definition) is 1. The number of hydrogen-bond acceptors (Lipinski definition) is 3. The van der Waals surface area contributed by atoms with Crippen LogP contribution < -0.4 is 0 Å². The Hall–Kier alpha value is -0.0900. The van der Waals surface area contributed by atoms with Crippen molar-refractivity contribution in [3.63, 3.8) is 0 Å². The first-order valence-corrected chi connectivity index (χ1v) is 6.22. The molecular formula is C9H20O3S. The van der Waals surface area contributed by atoms with Gasteiger partial charge < -0.3 is 5.11 Å². The van der Waals surface area contributed by atoms with Crippen molar-refractivity contribution in [1.82, 2.24) is 0 Å². The van der Waals surface area contributed by atoms with Crippen LogP contribution in [0.1, 0.15) is 40.5 Å². The van der Waals surface area contributed by atoms with E-state index < -0.39 is 20.7 Å². The van der Waals surface area contributed by atoms with Crippen LogP contribution >= 0.6 is 0 Å². The fourth-order valence-electron chi connectivity index (χ4n) is 0.875. The van der Waals surface area contributed by atoms with E-state index in [1.54, 1.807) is 27.7 Å². The fourth-order valence-corrected chi connectivity index (χ4v) is 2.03. The third-order valence-corrected chi connectivity index (χ3v) is 4.66. The van der Waals surface area contributed by atoms with Gasteiger partial charge in [0.2, 0.25) is 0 Å². The molecule has 0 aliphatic rings. The fraction of sp³-hybridized carbons (Fsp3) is 1.00. The van der Waals surface area contributed by atoms with Crippen molar-refractivity contribution in [2.75, 3.05) is 5.75 Å². The molecule has 0 saturated carbocycles. The predicted octanol–water partition coefficient (Wildman–Crippen LogP) is 1.36. The zero-order chi connectivity index (χ0) is 10.7. The minimum absolute atomic E-state index is 0.168. The largest absolute Gasteiger partial charge is 0.393 e. The summed E-state index contributed by atoms with van der Waals surface area (Å²) >= 11 is 0. The van der Waals surface area contributed by atoms with Crippen LogP contribution in [0.3, 0.4) is 0 Å². The van der Waals surface area contributed by atoms with Crippen LogP contribution in [0.5, 0.6) is 0 Å². The van der Waals surface area contributed by atoms with E-state index in [0.29, 0.717) is 12.8 Å². The predicted molar refractivity (Wildman–Crippen MR) is 54.5 cm³/mol. The highest BCUT2D eigenvalue weighted by Gasteiger charge is 2.28. The van der Waals surface area contributed by atoms with Crippen molar-refractivity contribution in [2.45, 2.75) is 51.4 Å². The molecule has 1 atom stereocenters. The summed E-state index contributed by atoms with van der Waals surface area (Å²) in [6, 6.07) is 0. The van der Waals surface area contributed by atoms with E-state index in [4.69, 9.17) is 5.11 Å². The van der Waals surface area contributed by atoms with Gasteiger partial charge in [-0.05, 0) is 40.5 Å². The van der Waals surface area contributed by atoms with Gasteiger partial charge in [0.1, 0.15) is 0 Å². The topological polar surface area (TPSA) is 54.4 Å². The van der Waals surface area contributed by atoms with Gasteiger partial charge >= 0.3 is 0 Å². The van der Waals surface area contributed by atoms with Crippen LogP contribution in [0.2, 0.25) is 0 Å². The van der Waals surface area contributed by atoms with Gasteiger partial charge in [0.05, 0.1) is 16.6 Å².